The standard InChI is InChI=1S/C32H49F2N5O4S/c1-24(40)37-17-15-36(16-18-37)23-32(41)39(22-25-3-4-25)30-7-10-35(11-8-30)12-9-31(27-19-28(33)21-29(34)20-27)26-5-13-38(14-6-26)44(2,42)43/h19-21,25-26,30-31H,3-18,22-23H2,1-2H3. The van der Waals surface area contributed by atoms with Crippen LogP contribution in [0.4, 0.5) is 8.78 Å². The van der Waals surface area contributed by atoms with Crippen molar-refractivity contribution in [2.45, 2.75) is 63.8 Å². The normalized spacial score (nSPS) is 22.7. The molecular weight excluding hydrogens is 588 g/mol. The molecule has 3 saturated heterocycles. The minimum atomic E-state index is -3.26. The molecule has 44 heavy (non-hydrogen) atoms. The van der Waals surface area contributed by atoms with Gasteiger partial charge in [-0.15, -0.1) is 0 Å². The van der Waals surface area contributed by atoms with Gasteiger partial charge >= 0.3 is 0 Å². The predicted molar refractivity (Wildman–Crippen MR) is 165 cm³/mol. The second-order valence-electron chi connectivity index (χ2n) is 13.4. The third-order valence-electron chi connectivity index (χ3n) is 10.3. The predicted octanol–water partition coefficient (Wildman–Crippen LogP) is 2.98. The number of hydrogen-bond donors (Lipinski definition) is 0. The highest BCUT2D eigenvalue weighted by Gasteiger charge is 2.35. The number of carbonyl (C=O) groups excluding carboxylic acids is 2. The number of halogens is 2. The number of piperidine rings is 2. The first-order chi connectivity index (χ1) is 21.0. The van der Waals surface area contributed by atoms with Crippen LogP contribution in [0.15, 0.2) is 18.2 Å². The summed E-state index contributed by atoms with van der Waals surface area (Å²) in [7, 11) is -3.26. The Morgan fingerprint density at radius 3 is 2.02 bits per heavy atom. The second-order valence-corrected chi connectivity index (χ2v) is 15.4. The fourth-order valence-corrected chi connectivity index (χ4v) is 8.26. The average molecular weight is 638 g/mol. The number of benzene rings is 1. The van der Waals surface area contributed by atoms with Gasteiger partial charge in [-0.2, -0.15) is 0 Å². The van der Waals surface area contributed by atoms with Gasteiger partial charge in [0, 0.05) is 77.9 Å². The zero-order valence-electron chi connectivity index (χ0n) is 26.3. The zero-order valence-corrected chi connectivity index (χ0v) is 27.1. The van der Waals surface area contributed by atoms with E-state index in [0.717, 1.165) is 64.6 Å². The fourth-order valence-electron chi connectivity index (χ4n) is 7.39. The number of amides is 2. The van der Waals surface area contributed by atoms with Crippen molar-refractivity contribution in [2.75, 3.05) is 78.2 Å². The summed E-state index contributed by atoms with van der Waals surface area (Å²) in [5.41, 5.74) is 0.653. The molecule has 2 amide bonds. The highest BCUT2D eigenvalue weighted by Crippen LogP contribution is 2.37. The zero-order chi connectivity index (χ0) is 31.4. The molecule has 0 aromatic heterocycles. The number of nitrogens with zero attached hydrogens (tertiary/aromatic N) is 5. The summed E-state index contributed by atoms with van der Waals surface area (Å²) in [5, 5.41) is 0. The van der Waals surface area contributed by atoms with E-state index in [1.807, 2.05) is 4.90 Å². The molecule has 0 N–H and O–H groups in total. The van der Waals surface area contributed by atoms with E-state index < -0.39 is 21.7 Å². The Morgan fingerprint density at radius 2 is 1.48 bits per heavy atom. The van der Waals surface area contributed by atoms with Crippen LogP contribution >= 0.6 is 0 Å². The molecule has 0 bridgehead atoms. The van der Waals surface area contributed by atoms with Crippen molar-refractivity contribution in [3.63, 3.8) is 0 Å². The highest BCUT2D eigenvalue weighted by molar-refractivity contribution is 7.88. The molecule has 12 heteroatoms. The van der Waals surface area contributed by atoms with E-state index in [1.165, 1.54) is 35.5 Å². The lowest BCUT2D eigenvalue weighted by Gasteiger charge is -2.41. The van der Waals surface area contributed by atoms with Crippen LogP contribution in [0.2, 0.25) is 0 Å². The van der Waals surface area contributed by atoms with Crippen molar-refractivity contribution >= 4 is 21.8 Å². The third kappa shape index (κ3) is 8.98. The summed E-state index contributed by atoms with van der Waals surface area (Å²) < 4.78 is 54.1. The molecule has 1 atom stereocenters. The van der Waals surface area contributed by atoms with Gasteiger partial charge in [-0.3, -0.25) is 14.5 Å². The Kier molecular flexibility index (Phi) is 11.0. The summed E-state index contributed by atoms with van der Waals surface area (Å²) in [6, 6.07) is 3.98. The smallest absolute Gasteiger partial charge is 0.237 e. The van der Waals surface area contributed by atoms with Crippen molar-refractivity contribution in [3.05, 3.63) is 35.4 Å². The molecule has 4 fully saturated rings. The van der Waals surface area contributed by atoms with Gasteiger partial charge in [0.15, 0.2) is 0 Å². The molecule has 4 aliphatic rings. The van der Waals surface area contributed by atoms with Crippen LogP contribution in [0.3, 0.4) is 0 Å². The first kappa shape index (κ1) is 33.2. The summed E-state index contributed by atoms with van der Waals surface area (Å²) >= 11 is 0. The first-order valence-electron chi connectivity index (χ1n) is 16.4. The van der Waals surface area contributed by atoms with Crippen molar-refractivity contribution in [1.82, 2.24) is 23.9 Å². The number of sulfonamides is 1. The summed E-state index contributed by atoms with van der Waals surface area (Å²) in [5.74, 6) is -0.189. The molecule has 1 saturated carbocycles. The van der Waals surface area contributed by atoms with E-state index in [4.69, 9.17) is 0 Å². The maximum Gasteiger partial charge on any atom is 0.237 e. The molecule has 3 heterocycles. The molecule has 0 radical (unpaired) electrons. The maximum atomic E-state index is 14.3. The first-order valence-corrected chi connectivity index (χ1v) is 18.2. The van der Waals surface area contributed by atoms with Crippen molar-refractivity contribution in [2.24, 2.45) is 11.8 Å². The number of hydrogen-bond acceptors (Lipinski definition) is 6. The van der Waals surface area contributed by atoms with Crippen LogP contribution in [0.25, 0.3) is 0 Å². The van der Waals surface area contributed by atoms with E-state index in [0.29, 0.717) is 57.0 Å². The Balaban J connectivity index is 1.16. The minimum absolute atomic E-state index is 0.0592. The summed E-state index contributed by atoms with van der Waals surface area (Å²) in [6.45, 7) is 9.01. The fraction of sp³-hybridized carbons (Fsp3) is 0.750. The van der Waals surface area contributed by atoms with Gasteiger partial charge in [-0.1, -0.05) is 0 Å². The SMILES string of the molecule is CC(=O)N1CCN(CC(=O)N(CC2CC2)C2CCN(CCC(c3cc(F)cc(F)c3)C3CCN(S(C)(=O)=O)CC3)CC2)CC1. The molecule has 3 aliphatic heterocycles. The third-order valence-corrected chi connectivity index (χ3v) is 11.6. The van der Waals surface area contributed by atoms with E-state index in [2.05, 4.69) is 14.7 Å². The number of likely N-dealkylation sites (tertiary alicyclic amines) is 1. The molecular formula is C32H49F2N5O4S. The van der Waals surface area contributed by atoms with E-state index >= 15 is 0 Å². The number of rotatable bonds is 11. The second kappa shape index (κ2) is 14.5. The van der Waals surface area contributed by atoms with E-state index in [9.17, 15) is 26.8 Å². The Hall–Kier alpha value is -2.15. The van der Waals surface area contributed by atoms with Gasteiger partial charge < -0.3 is 14.7 Å². The van der Waals surface area contributed by atoms with Crippen LogP contribution in [0.5, 0.6) is 0 Å². The van der Waals surface area contributed by atoms with Crippen molar-refractivity contribution in [1.29, 1.82) is 0 Å². The largest absolute Gasteiger partial charge is 0.340 e. The van der Waals surface area contributed by atoms with Crippen LogP contribution < -0.4 is 0 Å². The minimum Gasteiger partial charge on any atom is -0.340 e. The molecule has 1 aromatic carbocycles. The van der Waals surface area contributed by atoms with Crippen molar-refractivity contribution < 1.29 is 26.8 Å². The lowest BCUT2D eigenvalue weighted by molar-refractivity contribution is -0.137. The van der Waals surface area contributed by atoms with Gasteiger partial charge in [0.2, 0.25) is 21.8 Å². The van der Waals surface area contributed by atoms with Crippen molar-refractivity contribution in [3.8, 4) is 0 Å². The average Bonchev–Trinajstić information content (AvgIpc) is 3.80. The Morgan fingerprint density at radius 1 is 0.864 bits per heavy atom. The quantitative estimate of drug-likeness (QED) is 0.371. The Labute approximate surface area is 261 Å². The van der Waals surface area contributed by atoms with E-state index in [-0.39, 0.29) is 29.7 Å². The Bertz CT molecular complexity index is 1230. The summed E-state index contributed by atoms with van der Waals surface area (Å²) in [4.78, 5) is 33.8. The summed E-state index contributed by atoms with van der Waals surface area (Å²) in [6.07, 6.45) is 7.49. The van der Waals surface area contributed by atoms with Gasteiger partial charge in [-0.05, 0) is 86.9 Å². The molecule has 5 rings (SSSR count). The topological polar surface area (TPSA) is 84.5 Å². The van der Waals surface area contributed by atoms with Gasteiger partial charge in [0.1, 0.15) is 11.6 Å². The van der Waals surface area contributed by atoms with Crippen LogP contribution in [0.1, 0.15) is 63.4 Å². The molecule has 9 nitrogen and oxygen atoms in total. The number of carbonyl (C=O) groups is 2. The van der Waals surface area contributed by atoms with Gasteiger partial charge in [-0.25, -0.2) is 21.5 Å². The number of piperazine rings is 1. The van der Waals surface area contributed by atoms with Crippen LogP contribution in [-0.4, -0.2) is 128 Å². The van der Waals surface area contributed by atoms with Gasteiger partial charge in [0.25, 0.3) is 0 Å². The monoisotopic (exact) mass is 637 g/mol. The lowest BCUT2D eigenvalue weighted by Crippen LogP contribution is -2.54. The van der Waals surface area contributed by atoms with E-state index in [1.54, 1.807) is 6.92 Å². The molecule has 1 unspecified atom stereocenters. The molecule has 0 spiro atoms. The van der Waals surface area contributed by atoms with Crippen LogP contribution in [-0.2, 0) is 19.6 Å². The highest BCUT2D eigenvalue weighted by atomic mass is 32.2. The van der Waals surface area contributed by atoms with Gasteiger partial charge in [0.05, 0.1) is 12.8 Å². The van der Waals surface area contributed by atoms with Crippen LogP contribution in [0, 0.1) is 23.5 Å². The lowest BCUT2D eigenvalue weighted by atomic mass is 9.78. The molecule has 1 aromatic rings. The maximum absolute atomic E-state index is 14.3. The molecule has 1 aliphatic carbocycles. The molecule has 246 valence electrons.